The van der Waals surface area contributed by atoms with Crippen LogP contribution in [-0.2, 0) is 0 Å². The third kappa shape index (κ3) is 6.54. The average molecular weight is 254 g/mol. The summed E-state index contributed by atoms with van der Waals surface area (Å²) in [7, 11) is 7.79. The largest absolute Gasteiger partial charge is 0.364 e. The molecule has 0 radical (unpaired) electrons. The van der Waals surface area contributed by atoms with Gasteiger partial charge in [0.25, 0.3) is 0 Å². The molecule has 0 amide bonds. The molecule has 0 spiro atoms. The third-order valence-corrected chi connectivity index (χ3v) is 4.70. The van der Waals surface area contributed by atoms with Crippen LogP contribution in [0, 0.1) is 0 Å². The molecule has 0 aromatic carbocycles. The molecule has 0 rings (SSSR count). The summed E-state index contributed by atoms with van der Waals surface area (Å²) < 4.78 is 1.79. The molecule has 0 heterocycles. The topological polar surface area (TPSA) is 6.48 Å². The fourth-order valence-electron chi connectivity index (χ4n) is 0.388. The van der Waals surface area contributed by atoms with Crippen LogP contribution in [0.1, 0.15) is 0 Å². The van der Waals surface area contributed by atoms with Crippen LogP contribution in [-0.4, -0.2) is 51.7 Å². The number of thiocarbonyl (C=S) groups is 2. The van der Waals surface area contributed by atoms with E-state index < -0.39 is 0 Å². The molecule has 0 saturated heterocycles. The molecule has 2 nitrogen and oxygen atoms in total. The molecule has 13 heavy (non-hydrogen) atoms. The maximum atomic E-state index is 5.11. The maximum Gasteiger partial charge on any atom is 0.136 e. The van der Waals surface area contributed by atoms with Crippen molar-refractivity contribution in [3.05, 3.63) is 0 Å². The van der Waals surface area contributed by atoms with E-state index in [0.717, 1.165) is 13.7 Å². The van der Waals surface area contributed by atoms with Crippen molar-refractivity contribution in [1.82, 2.24) is 9.80 Å². The molecular formula is C7H14N2S4. The number of nitrogens with zero attached hydrogens (tertiary/aromatic N) is 2. The average Bonchev–Trinajstić information content (AvgIpc) is 2.03. The first-order valence-electron chi connectivity index (χ1n) is 3.63. The minimum Gasteiger partial charge on any atom is -0.364 e. The number of hydrogen-bond acceptors (Lipinski definition) is 4. The van der Waals surface area contributed by atoms with Crippen molar-refractivity contribution >= 4 is 56.6 Å². The lowest BCUT2D eigenvalue weighted by atomic mass is 11.0. The van der Waals surface area contributed by atoms with Gasteiger partial charge in [0, 0.05) is 28.2 Å². The second kappa shape index (κ2) is 6.86. The summed E-state index contributed by atoms with van der Waals surface area (Å²) in [5.74, 6) is 0. The van der Waals surface area contributed by atoms with Crippen molar-refractivity contribution in [2.45, 2.75) is 0 Å². The van der Waals surface area contributed by atoms with Crippen molar-refractivity contribution in [3.8, 4) is 0 Å². The lowest BCUT2D eigenvalue weighted by Gasteiger charge is -2.14. The maximum absolute atomic E-state index is 5.11. The minimum atomic E-state index is 0.883. The molecule has 6 heteroatoms. The van der Waals surface area contributed by atoms with Gasteiger partial charge in [0.05, 0.1) is 5.08 Å². The highest BCUT2D eigenvalue weighted by atomic mass is 32.2. The normalized spacial score (nSPS) is 9.54. The highest BCUT2D eigenvalue weighted by Gasteiger charge is 2.03. The van der Waals surface area contributed by atoms with Gasteiger partial charge >= 0.3 is 0 Å². The summed E-state index contributed by atoms with van der Waals surface area (Å²) >= 11 is 13.5. The number of rotatable bonds is 2. The molecule has 0 saturated carbocycles. The first-order chi connectivity index (χ1) is 5.95. The van der Waals surface area contributed by atoms with E-state index in [2.05, 4.69) is 0 Å². The molecule has 0 aromatic rings. The Morgan fingerprint density at radius 1 is 0.923 bits per heavy atom. The highest BCUT2D eigenvalue weighted by Crippen LogP contribution is 2.17. The fourth-order valence-corrected chi connectivity index (χ4v) is 2.81. The number of thioether (sulfide) groups is 2. The van der Waals surface area contributed by atoms with Gasteiger partial charge in [0.15, 0.2) is 0 Å². The van der Waals surface area contributed by atoms with Gasteiger partial charge in [-0.05, 0) is 0 Å². The Kier molecular flexibility index (Phi) is 7.12. The Labute approximate surface area is 99.4 Å². The quantitative estimate of drug-likeness (QED) is 0.546. The monoisotopic (exact) mass is 254 g/mol. The van der Waals surface area contributed by atoms with Gasteiger partial charge in [-0.1, -0.05) is 48.0 Å². The van der Waals surface area contributed by atoms with Gasteiger partial charge in [0.1, 0.15) is 8.64 Å². The van der Waals surface area contributed by atoms with Gasteiger partial charge in [-0.2, -0.15) is 0 Å². The van der Waals surface area contributed by atoms with Crippen LogP contribution in [0.4, 0.5) is 0 Å². The van der Waals surface area contributed by atoms with Gasteiger partial charge in [-0.3, -0.25) is 0 Å². The van der Waals surface area contributed by atoms with Gasteiger partial charge < -0.3 is 9.80 Å². The predicted octanol–water partition coefficient (Wildman–Crippen LogP) is 2.10. The third-order valence-electron chi connectivity index (χ3n) is 1.10. The van der Waals surface area contributed by atoms with Gasteiger partial charge in [-0.15, -0.1) is 0 Å². The first kappa shape index (κ1) is 13.5. The summed E-state index contributed by atoms with van der Waals surface area (Å²) in [6, 6.07) is 0. The lowest BCUT2D eigenvalue weighted by molar-refractivity contribution is 0.647. The van der Waals surface area contributed by atoms with Crippen LogP contribution in [0.25, 0.3) is 0 Å². The van der Waals surface area contributed by atoms with Crippen molar-refractivity contribution in [2.24, 2.45) is 0 Å². The van der Waals surface area contributed by atoms with Crippen LogP contribution in [0.5, 0.6) is 0 Å². The smallest absolute Gasteiger partial charge is 0.136 e. The molecule has 76 valence electrons. The first-order valence-corrected chi connectivity index (χ1v) is 6.42. The Morgan fingerprint density at radius 2 is 1.23 bits per heavy atom. The predicted molar refractivity (Wildman–Crippen MR) is 72.6 cm³/mol. The summed E-state index contributed by atoms with van der Waals surface area (Å²) in [6.45, 7) is 0. The van der Waals surface area contributed by atoms with E-state index in [-0.39, 0.29) is 0 Å². The molecule has 0 bridgehead atoms. The van der Waals surface area contributed by atoms with Crippen molar-refractivity contribution < 1.29 is 0 Å². The fraction of sp³-hybridized carbons (Fsp3) is 0.714. The Hall–Kier alpha value is 0.480. The van der Waals surface area contributed by atoms with Gasteiger partial charge in [0.2, 0.25) is 0 Å². The van der Waals surface area contributed by atoms with E-state index in [1.807, 2.05) is 38.0 Å². The zero-order valence-corrected chi connectivity index (χ0v) is 11.5. The molecule has 0 N–H and O–H groups in total. The SMILES string of the molecule is CN(C)C(=S)SCSC(=S)N(C)C. The Bertz CT molecular complexity index is 171. The molecule has 0 aromatic heterocycles. The molecule has 0 atom stereocenters. The van der Waals surface area contributed by atoms with E-state index >= 15 is 0 Å². The standard InChI is InChI=1S/C7H14N2S4/c1-8(2)6(10)12-5-13-7(11)9(3)4/h5H2,1-4H3. The summed E-state index contributed by atoms with van der Waals surface area (Å²) in [5.41, 5.74) is 0. The van der Waals surface area contributed by atoms with Crippen LogP contribution >= 0.6 is 48.0 Å². The van der Waals surface area contributed by atoms with Crippen LogP contribution in [0.2, 0.25) is 0 Å². The van der Waals surface area contributed by atoms with E-state index in [0.29, 0.717) is 0 Å². The zero-order chi connectivity index (χ0) is 10.4. The van der Waals surface area contributed by atoms with E-state index in [4.69, 9.17) is 24.4 Å². The minimum absolute atomic E-state index is 0.883. The Balaban J connectivity index is 3.57. The summed E-state index contributed by atoms with van der Waals surface area (Å²) in [4.78, 5) is 3.86. The second-order valence-electron chi connectivity index (χ2n) is 2.73. The molecule has 0 aliphatic carbocycles. The molecular weight excluding hydrogens is 240 g/mol. The lowest BCUT2D eigenvalue weighted by Crippen LogP contribution is -2.18. The second-order valence-corrected chi connectivity index (χ2v) is 6.31. The van der Waals surface area contributed by atoms with Crippen molar-refractivity contribution in [2.75, 3.05) is 33.3 Å². The number of hydrogen-bond donors (Lipinski definition) is 0. The van der Waals surface area contributed by atoms with E-state index in [1.54, 1.807) is 23.5 Å². The van der Waals surface area contributed by atoms with E-state index in [9.17, 15) is 0 Å². The zero-order valence-electron chi connectivity index (χ0n) is 8.23. The molecule has 0 aliphatic heterocycles. The molecule has 0 unspecified atom stereocenters. The van der Waals surface area contributed by atoms with Crippen LogP contribution in [0.3, 0.4) is 0 Å². The van der Waals surface area contributed by atoms with Crippen molar-refractivity contribution in [1.29, 1.82) is 0 Å². The van der Waals surface area contributed by atoms with E-state index in [1.165, 1.54) is 0 Å². The highest BCUT2D eigenvalue weighted by molar-refractivity contribution is 8.35. The summed E-state index contributed by atoms with van der Waals surface area (Å²) in [5, 5.41) is 0.883. The van der Waals surface area contributed by atoms with Gasteiger partial charge in [-0.25, -0.2) is 0 Å². The summed E-state index contributed by atoms with van der Waals surface area (Å²) in [6.07, 6.45) is 0. The van der Waals surface area contributed by atoms with Crippen molar-refractivity contribution in [3.63, 3.8) is 0 Å². The molecule has 0 aliphatic rings. The Morgan fingerprint density at radius 3 is 1.46 bits per heavy atom. The molecule has 0 fully saturated rings. The van der Waals surface area contributed by atoms with Crippen LogP contribution < -0.4 is 0 Å². The van der Waals surface area contributed by atoms with Crippen LogP contribution in [0.15, 0.2) is 0 Å².